The third kappa shape index (κ3) is 5.56. The van der Waals surface area contributed by atoms with Crippen molar-refractivity contribution < 1.29 is 24.2 Å². The number of carbonyl (C=O) groups excluding carboxylic acids is 2. The molecule has 180 valence electrons. The molecule has 10 heteroatoms. The number of aromatic nitrogens is 3. The quantitative estimate of drug-likeness (QED) is 0.290. The number of carbonyl (C=O) groups is 3. The van der Waals surface area contributed by atoms with E-state index in [4.69, 9.17) is 10.5 Å². The van der Waals surface area contributed by atoms with E-state index in [-0.39, 0.29) is 19.4 Å². The molecule has 0 aliphatic rings. The van der Waals surface area contributed by atoms with Gasteiger partial charge in [-0.3, -0.25) is 4.79 Å². The molecule has 0 saturated heterocycles. The fourth-order valence-corrected chi connectivity index (χ4v) is 3.86. The van der Waals surface area contributed by atoms with E-state index in [0.717, 1.165) is 10.9 Å². The molecule has 4 aromatic rings. The summed E-state index contributed by atoms with van der Waals surface area (Å²) in [6.45, 7) is -0.126. The van der Waals surface area contributed by atoms with Gasteiger partial charge in [-0.15, -0.1) is 0 Å². The molecular weight excluding hydrogens is 450 g/mol. The molecule has 0 aliphatic heterocycles. The van der Waals surface area contributed by atoms with E-state index in [9.17, 15) is 19.5 Å². The van der Waals surface area contributed by atoms with Crippen LogP contribution in [0.15, 0.2) is 73.3 Å². The van der Waals surface area contributed by atoms with Gasteiger partial charge in [-0.2, -0.15) is 0 Å². The molecule has 0 spiro atoms. The first kappa shape index (κ1) is 23.7. The standard InChI is InChI=1S/C25H25N5O5/c26-20(11-18-13-27-15-29-18)23(31)30(25(34)35-14-16-6-2-1-3-7-16)22(24(32)33)10-17-12-28-21-9-5-4-8-19(17)21/h1-9,12-13,15,20,22,28H,10-11,14,26H2,(H,27,29)(H,32,33)/t20?,22-/m1/s1. The third-order valence-corrected chi connectivity index (χ3v) is 5.64. The van der Waals surface area contributed by atoms with Crippen molar-refractivity contribution in [3.05, 3.63) is 90.1 Å². The van der Waals surface area contributed by atoms with Crippen molar-refractivity contribution in [3.63, 3.8) is 0 Å². The van der Waals surface area contributed by atoms with E-state index in [0.29, 0.717) is 21.7 Å². The predicted molar refractivity (Wildman–Crippen MR) is 127 cm³/mol. The van der Waals surface area contributed by atoms with Crippen LogP contribution in [0.25, 0.3) is 10.9 Å². The number of hydrogen-bond donors (Lipinski definition) is 4. The van der Waals surface area contributed by atoms with Gasteiger partial charge in [0.05, 0.1) is 12.4 Å². The Hall–Kier alpha value is -4.44. The summed E-state index contributed by atoms with van der Waals surface area (Å²) in [6.07, 6.45) is 3.46. The van der Waals surface area contributed by atoms with Crippen LogP contribution in [0.3, 0.4) is 0 Å². The smallest absolute Gasteiger partial charge is 0.417 e. The molecule has 4 rings (SSSR count). The average molecular weight is 476 g/mol. The van der Waals surface area contributed by atoms with Crippen LogP contribution in [0.2, 0.25) is 0 Å². The van der Waals surface area contributed by atoms with Crippen LogP contribution in [0.4, 0.5) is 4.79 Å². The number of fused-ring (bicyclic) bond motifs is 1. The number of nitrogens with zero attached hydrogens (tertiary/aromatic N) is 2. The second-order valence-corrected chi connectivity index (χ2v) is 8.05. The minimum absolute atomic E-state index is 0.0424. The van der Waals surface area contributed by atoms with Gasteiger partial charge in [0, 0.05) is 41.8 Å². The average Bonchev–Trinajstić information content (AvgIpc) is 3.52. The Morgan fingerprint density at radius 1 is 1.03 bits per heavy atom. The minimum atomic E-state index is -1.53. The number of nitrogens with one attached hydrogen (secondary N) is 2. The van der Waals surface area contributed by atoms with E-state index < -0.39 is 30.1 Å². The molecule has 2 atom stereocenters. The molecule has 5 N–H and O–H groups in total. The van der Waals surface area contributed by atoms with Crippen molar-refractivity contribution in [2.45, 2.75) is 31.5 Å². The van der Waals surface area contributed by atoms with Crippen LogP contribution < -0.4 is 5.73 Å². The number of carboxylic acid groups (broad SMARTS) is 1. The SMILES string of the molecule is NC(Cc1cnc[nH]1)C(=O)N(C(=O)OCc1ccccc1)[C@H](Cc1c[nH]c2ccccc12)C(=O)O. The first-order valence-corrected chi connectivity index (χ1v) is 11.0. The van der Waals surface area contributed by atoms with Gasteiger partial charge < -0.3 is 25.5 Å². The highest BCUT2D eigenvalue weighted by atomic mass is 16.6. The molecule has 2 amide bonds. The number of amides is 2. The molecule has 2 aromatic heterocycles. The minimum Gasteiger partial charge on any atom is -0.480 e. The number of imidazole rings is 1. The van der Waals surface area contributed by atoms with Crippen molar-refractivity contribution >= 4 is 28.9 Å². The number of carboxylic acids is 1. The highest BCUT2D eigenvalue weighted by molar-refractivity contribution is 5.99. The van der Waals surface area contributed by atoms with Crippen LogP contribution in [-0.2, 0) is 33.8 Å². The molecule has 0 aliphatic carbocycles. The van der Waals surface area contributed by atoms with Crippen molar-refractivity contribution in [1.82, 2.24) is 19.9 Å². The Morgan fingerprint density at radius 3 is 2.49 bits per heavy atom. The number of aromatic amines is 2. The van der Waals surface area contributed by atoms with E-state index in [1.54, 1.807) is 30.5 Å². The topological polar surface area (TPSA) is 154 Å². The van der Waals surface area contributed by atoms with Gasteiger partial charge >= 0.3 is 12.1 Å². The fraction of sp³-hybridized carbons (Fsp3) is 0.200. The first-order valence-electron chi connectivity index (χ1n) is 11.0. The lowest BCUT2D eigenvalue weighted by Crippen LogP contribution is -2.55. The summed E-state index contributed by atoms with van der Waals surface area (Å²) in [5, 5.41) is 10.9. The molecular formula is C25H25N5O5. The summed E-state index contributed by atoms with van der Waals surface area (Å²) in [6, 6.07) is 13.5. The molecule has 1 unspecified atom stereocenters. The highest BCUT2D eigenvalue weighted by Gasteiger charge is 2.39. The zero-order valence-electron chi connectivity index (χ0n) is 18.8. The van der Waals surface area contributed by atoms with Crippen molar-refractivity contribution in [2.24, 2.45) is 5.73 Å². The number of imide groups is 1. The van der Waals surface area contributed by atoms with Gasteiger partial charge in [-0.25, -0.2) is 19.5 Å². The number of hydrogen-bond acceptors (Lipinski definition) is 6. The Morgan fingerprint density at radius 2 is 1.77 bits per heavy atom. The summed E-state index contributed by atoms with van der Waals surface area (Å²) in [7, 11) is 0. The number of para-hydroxylation sites is 1. The molecule has 35 heavy (non-hydrogen) atoms. The Balaban J connectivity index is 1.62. The van der Waals surface area contributed by atoms with E-state index in [2.05, 4.69) is 15.0 Å². The Bertz CT molecular complexity index is 1300. The number of rotatable bonds is 9. The van der Waals surface area contributed by atoms with Crippen LogP contribution in [0, 0.1) is 0 Å². The summed E-state index contributed by atoms with van der Waals surface area (Å²) >= 11 is 0. The summed E-state index contributed by atoms with van der Waals surface area (Å²) in [5.74, 6) is -2.21. The second kappa shape index (κ2) is 10.7. The number of H-pyrrole nitrogens is 2. The van der Waals surface area contributed by atoms with Crippen molar-refractivity contribution in [1.29, 1.82) is 0 Å². The van der Waals surface area contributed by atoms with Gasteiger partial charge in [-0.05, 0) is 17.2 Å². The summed E-state index contributed by atoms with van der Waals surface area (Å²) in [5.41, 5.74) is 8.83. The van der Waals surface area contributed by atoms with Crippen molar-refractivity contribution in [2.75, 3.05) is 0 Å². The Labute approximate surface area is 200 Å². The van der Waals surface area contributed by atoms with E-state index in [1.807, 2.05) is 30.3 Å². The molecule has 0 bridgehead atoms. The summed E-state index contributed by atoms with van der Waals surface area (Å²) < 4.78 is 5.35. The molecule has 0 fully saturated rings. The zero-order valence-corrected chi connectivity index (χ0v) is 18.8. The maximum Gasteiger partial charge on any atom is 0.417 e. The van der Waals surface area contributed by atoms with Gasteiger partial charge in [0.2, 0.25) is 5.91 Å². The summed E-state index contributed by atoms with van der Waals surface area (Å²) in [4.78, 5) is 49.3. The van der Waals surface area contributed by atoms with Crippen molar-refractivity contribution in [3.8, 4) is 0 Å². The van der Waals surface area contributed by atoms with Gasteiger partial charge in [0.15, 0.2) is 0 Å². The predicted octanol–water partition coefficient (Wildman–Crippen LogP) is 2.62. The van der Waals surface area contributed by atoms with E-state index >= 15 is 0 Å². The molecule has 0 radical (unpaired) electrons. The number of ether oxygens (including phenoxy) is 1. The number of aliphatic carboxylic acids is 1. The molecule has 2 heterocycles. The zero-order chi connectivity index (χ0) is 24.8. The number of nitrogens with two attached hydrogens (primary N) is 1. The second-order valence-electron chi connectivity index (χ2n) is 8.05. The van der Waals surface area contributed by atoms with E-state index in [1.165, 1.54) is 12.5 Å². The highest BCUT2D eigenvalue weighted by Crippen LogP contribution is 2.22. The van der Waals surface area contributed by atoms with Crippen LogP contribution >= 0.6 is 0 Å². The van der Waals surface area contributed by atoms with Gasteiger partial charge in [0.1, 0.15) is 12.6 Å². The maximum absolute atomic E-state index is 13.4. The third-order valence-electron chi connectivity index (χ3n) is 5.64. The molecule has 2 aromatic carbocycles. The molecule has 0 saturated carbocycles. The lowest BCUT2D eigenvalue weighted by atomic mass is 10.0. The fourth-order valence-electron chi connectivity index (χ4n) is 3.86. The Kier molecular flexibility index (Phi) is 7.22. The monoisotopic (exact) mass is 475 g/mol. The molecule has 10 nitrogen and oxygen atoms in total. The number of benzene rings is 2. The van der Waals surface area contributed by atoms with Gasteiger partial charge in [0.25, 0.3) is 0 Å². The van der Waals surface area contributed by atoms with Crippen LogP contribution in [0.5, 0.6) is 0 Å². The normalized spacial score (nSPS) is 12.7. The first-order chi connectivity index (χ1) is 16.9. The largest absolute Gasteiger partial charge is 0.480 e. The maximum atomic E-state index is 13.4. The van der Waals surface area contributed by atoms with Crippen LogP contribution in [0.1, 0.15) is 16.8 Å². The van der Waals surface area contributed by atoms with Gasteiger partial charge in [-0.1, -0.05) is 48.5 Å². The lowest BCUT2D eigenvalue weighted by molar-refractivity contribution is -0.149. The van der Waals surface area contributed by atoms with Crippen LogP contribution in [-0.4, -0.2) is 55.0 Å². The lowest BCUT2D eigenvalue weighted by Gasteiger charge is -2.28.